The highest BCUT2D eigenvalue weighted by atomic mass is 19.1. The van der Waals surface area contributed by atoms with Gasteiger partial charge in [-0.15, -0.1) is 0 Å². The smallest absolute Gasteiger partial charge is 0.216 e. The Hall–Kier alpha value is -2.47. The minimum Gasteiger partial charge on any atom is -0.355 e. The van der Waals surface area contributed by atoms with E-state index < -0.39 is 0 Å². The monoisotopic (exact) mass is 371 g/mol. The Bertz CT molecular complexity index is 840. The summed E-state index contributed by atoms with van der Waals surface area (Å²) in [5.41, 5.74) is 2.94. The van der Waals surface area contributed by atoms with Crippen molar-refractivity contribution < 1.29 is 13.6 Å². The van der Waals surface area contributed by atoms with Crippen LogP contribution in [0.15, 0.2) is 42.5 Å². The van der Waals surface area contributed by atoms with Crippen molar-refractivity contribution in [2.24, 2.45) is 0 Å². The van der Waals surface area contributed by atoms with E-state index in [9.17, 15) is 13.6 Å². The lowest BCUT2D eigenvalue weighted by atomic mass is 9.89. The van der Waals surface area contributed by atoms with E-state index in [1.54, 1.807) is 18.2 Å². The zero-order chi connectivity index (χ0) is 19.0. The molecule has 1 N–H and O–H groups in total. The SMILES string of the molecule is CC(=O)NCCN1CC[C@@H]2C(C1)c1cc(F)ccc1N2c1ccc(F)cc1. The maximum absolute atomic E-state index is 14.0. The van der Waals surface area contributed by atoms with E-state index in [-0.39, 0.29) is 29.5 Å². The van der Waals surface area contributed by atoms with Crippen molar-refractivity contribution in [3.63, 3.8) is 0 Å². The lowest BCUT2D eigenvalue weighted by molar-refractivity contribution is -0.119. The molecule has 1 fully saturated rings. The van der Waals surface area contributed by atoms with E-state index in [4.69, 9.17) is 0 Å². The maximum atomic E-state index is 14.0. The summed E-state index contributed by atoms with van der Waals surface area (Å²) in [6.45, 7) is 4.64. The lowest BCUT2D eigenvalue weighted by Gasteiger charge is -2.39. The first-order valence-electron chi connectivity index (χ1n) is 9.34. The van der Waals surface area contributed by atoms with Crippen LogP contribution in [0.4, 0.5) is 20.2 Å². The molecule has 0 aliphatic carbocycles. The van der Waals surface area contributed by atoms with E-state index in [2.05, 4.69) is 15.1 Å². The van der Waals surface area contributed by atoms with Crippen LogP contribution >= 0.6 is 0 Å². The number of hydrogen-bond acceptors (Lipinski definition) is 3. The molecule has 142 valence electrons. The van der Waals surface area contributed by atoms with Crippen molar-refractivity contribution in [3.8, 4) is 0 Å². The van der Waals surface area contributed by atoms with Crippen LogP contribution in [0.2, 0.25) is 0 Å². The van der Waals surface area contributed by atoms with Crippen LogP contribution in [0.25, 0.3) is 0 Å². The fourth-order valence-corrected chi connectivity index (χ4v) is 4.37. The molecule has 2 heterocycles. The molecule has 4 nitrogen and oxygen atoms in total. The molecule has 0 spiro atoms. The van der Waals surface area contributed by atoms with Crippen LogP contribution in [0.3, 0.4) is 0 Å². The third-order valence-electron chi connectivity index (χ3n) is 5.55. The van der Waals surface area contributed by atoms with Gasteiger partial charge in [0.05, 0.1) is 0 Å². The number of rotatable bonds is 4. The molecule has 2 aromatic rings. The number of nitrogens with zero attached hydrogens (tertiary/aromatic N) is 2. The van der Waals surface area contributed by atoms with Crippen LogP contribution in [0.5, 0.6) is 0 Å². The first kappa shape index (κ1) is 17.9. The van der Waals surface area contributed by atoms with Crippen LogP contribution in [-0.2, 0) is 4.79 Å². The predicted molar refractivity (Wildman–Crippen MR) is 101 cm³/mol. The molecule has 0 saturated carbocycles. The summed E-state index contributed by atoms with van der Waals surface area (Å²) in [5, 5.41) is 2.83. The Balaban J connectivity index is 1.60. The second kappa shape index (κ2) is 7.27. The summed E-state index contributed by atoms with van der Waals surface area (Å²) in [4.78, 5) is 15.6. The minimum absolute atomic E-state index is 0.0272. The van der Waals surface area contributed by atoms with Crippen molar-refractivity contribution in [1.82, 2.24) is 10.2 Å². The Morgan fingerprint density at radius 3 is 2.63 bits per heavy atom. The van der Waals surface area contributed by atoms with Crippen LogP contribution < -0.4 is 10.2 Å². The van der Waals surface area contributed by atoms with Gasteiger partial charge in [-0.3, -0.25) is 4.79 Å². The third-order valence-corrected chi connectivity index (χ3v) is 5.55. The molecule has 4 rings (SSSR count). The quantitative estimate of drug-likeness (QED) is 0.895. The van der Waals surface area contributed by atoms with Gasteiger partial charge in [-0.25, -0.2) is 8.78 Å². The van der Waals surface area contributed by atoms with Gasteiger partial charge in [0.2, 0.25) is 5.91 Å². The van der Waals surface area contributed by atoms with E-state index in [1.807, 2.05) is 6.07 Å². The van der Waals surface area contributed by atoms with Crippen molar-refractivity contribution in [2.75, 3.05) is 31.1 Å². The van der Waals surface area contributed by atoms with Crippen LogP contribution in [0.1, 0.15) is 24.8 Å². The Kier molecular flexibility index (Phi) is 4.83. The second-order valence-electron chi connectivity index (χ2n) is 7.30. The second-order valence-corrected chi connectivity index (χ2v) is 7.30. The zero-order valence-electron chi connectivity index (χ0n) is 15.3. The highest BCUT2D eigenvalue weighted by Crippen LogP contribution is 2.48. The number of hydrogen-bond donors (Lipinski definition) is 1. The third kappa shape index (κ3) is 3.54. The van der Waals surface area contributed by atoms with Crippen LogP contribution in [0, 0.1) is 11.6 Å². The fourth-order valence-electron chi connectivity index (χ4n) is 4.37. The van der Waals surface area contributed by atoms with Crippen molar-refractivity contribution in [1.29, 1.82) is 0 Å². The van der Waals surface area contributed by atoms with Gasteiger partial charge in [0.15, 0.2) is 0 Å². The van der Waals surface area contributed by atoms with Gasteiger partial charge in [-0.2, -0.15) is 0 Å². The van der Waals surface area contributed by atoms with Gasteiger partial charge >= 0.3 is 0 Å². The average molecular weight is 371 g/mol. The summed E-state index contributed by atoms with van der Waals surface area (Å²) in [6.07, 6.45) is 0.929. The molecule has 2 aromatic carbocycles. The fraction of sp³-hybridized carbons (Fsp3) is 0.381. The van der Waals surface area contributed by atoms with Crippen LogP contribution in [-0.4, -0.2) is 43.0 Å². The number of amides is 1. The highest BCUT2D eigenvalue weighted by molar-refractivity contribution is 5.73. The zero-order valence-corrected chi connectivity index (χ0v) is 15.3. The summed E-state index contributed by atoms with van der Waals surface area (Å²) >= 11 is 0. The molecule has 0 bridgehead atoms. The summed E-state index contributed by atoms with van der Waals surface area (Å²) in [6, 6.07) is 11.7. The largest absolute Gasteiger partial charge is 0.355 e. The molecule has 0 aromatic heterocycles. The molecule has 1 saturated heterocycles. The molecule has 1 amide bonds. The van der Waals surface area contributed by atoms with Gasteiger partial charge < -0.3 is 15.1 Å². The number of benzene rings is 2. The van der Waals surface area contributed by atoms with Gasteiger partial charge in [0, 0.05) is 56.4 Å². The number of halogens is 2. The number of carbonyl (C=O) groups is 1. The Labute approximate surface area is 157 Å². The standard InChI is InChI=1S/C21H23F2N3O/c1-14(27)24-9-11-25-10-8-21-19(13-25)18-12-16(23)4-7-20(18)26(21)17-5-2-15(22)3-6-17/h2-7,12,19,21H,8-11,13H2,1H3,(H,24,27)/t19?,21-/m1/s1. The molecule has 6 heteroatoms. The Morgan fingerprint density at radius 1 is 1.15 bits per heavy atom. The highest BCUT2D eigenvalue weighted by Gasteiger charge is 2.42. The van der Waals surface area contributed by atoms with Gasteiger partial charge in [-0.1, -0.05) is 0 Å². The number of piperidine rings is 1. The van der Waals surface area contributed by atoms with Crippen molar-refractivity contribution in [2.45, 2.75) is 25.3 Å². The van der Waals surface area contributed by atoms with Gasteiger partial charge in [0.25, 0.3) is 0 Å². The molecular formula is C21H23F2N3O. The predicted octanol–water partition coefficient (Wildman–Crippen LogP) is 3.41. The molecule has 1 unspecified atom stereocenters. The summed E-state index contributed by atoms with van der Waals surface area (Å²) < 4.78 is 27.3. The average Bonchev–Trinajstić information content (AvgIpc) is 2.95. The maximum Gasteiger partial charge on any atom is 0.216 e. The Morgan fingerprint density at radius 2 is 1.89 bits per heavy atom. The number of nitrogens with one attached hydrogen (secondary N) is 1. The molecule has 2 atom stereocenters. The first-order chi connectivity index (χ1) is 13.0. The van der Waals surface area contributed by atoms with E-state index in [1.165, 1.54) is 25.1 Å². The van der Waals surface area contributed by atoms with Gasteiger partial charge in [0.1, 0.15) is 11.6 Å². The van der Waals surface area contributed by atoms with Crippen molar-refractivity contribution in [3.05, 3.63) is 59.7 Å². The number of carbonyl (C=O) groups excluding carboxylic acids is 1. The first-order valence-corrected chi connectivity index (χ1v) is 9.34. The molecule has 27 heavy (non-hydrogen) atoms. The molecule has 0 radical (unpaired) electrons. The lowest BCUT2D eigenvalue weighted by Crippen LogP contribution is -2.46. The summed E-state index contributed by atoms with van der Waals surface area (Å²) in [7, 11) is 0. The topological polar surface area (TPSA) is 35.6 Å². The molecule has 2 aliphatic heterocycles. The number of anilines is 2. The normalized spacial score (nSPS) is 21.7. The molecular weight excluding hydrogens is 348 g/mol. The number of fused-ring (bicyclic) bond motifs is 3. The van der Waals surface area contributed by atoms with E-state index in [0.717, 1.165) is 43.0 Å². The minimum atomic E-state index is -0.262. The summed E-state index contributed by atoms with van der Waals surface area (Å²) in [5.74, 6) is -0.335. The number of likely N-dealkylation sites (tertiary alicyclic amines) is 1. The van der Waals surface area contributed by atoms with E-state index >= 15 is 0 Å². The van der Waals surface area contributed by atoms with Gasteiger partial charge in [-0.05, 0) is 54.4 Å². The van der Waals surface area contributed by atoms with Crippen molar-refractivity contribution >= 4 is 17.3 Å². The van der Waals surface area contributed by atoms with E-state index in [0.29, 0.717) is 6.54 Å². The molecule has 2 aliphatic rings.